The van der Waals surface area contributed by atoms with Crippen LogP contribution < -0.4 is 5.32 Å². The van der Waals surface area contributed by atoms with E-state index < -0.39 is 167 Å². The Balaban J connectivity index is 2.09. The van der Waals surface area contributed by atoms with Crippen molar-refractivity contribution in [2.45, 2.75) is 125 Å². The third-order valence-corrected chi connectivity index (χ3v) is 8.79. The lowest BCUT2D eigenvalue weighted by molar-refractivity contribution is -0.325. The zero-order chi connectivity index (χ0) is 42.8. The van der Waals surface area contributed by atoms with Gasteiger partial charge in [0.05, 0.1) is 33.0 Å². The second-order valence-electron chi connectivity index (χ2n) is 13.4. The van der Waals surface area contributed by atoms with E-state index in [9.17, 15) is 64.8 Å². The Bertz CT molecular complexity index is 1340. The maximum atomic E-state index is 13.0. The predicted octanol–water partition coefficient (Wildman–Crippen LogP) is -6.24. The third kappa shape index (κ3) is 12.8. The summed E-state index contributed by atoms with van der Waals surface area (Å²) in [5, 5.41) is 84.4. The van der Waals surface area contributed by atoms with Gasteiger partial charge in [0.15, 0.2) is 37.2 Å². The van der Waals surface area contributed by atoms with Gasteiger partial charge in [0, 0.05) is 27.7 Å². The van der Waals surface area contributed by atoms with Gasteiger partial charge in [-0.3, -0.25) is 24.0 Å². The SMILES string of the molecule is C=CC(=O)NC(CO[C@@H]1O[C@H](CO)[C@H](O)[C@H](O)[C@H]1O)(CO[C@@H]1O[C@H](CO)[C@H](O)[C@H](O)[C@H]1O)CO[C@@H]1O[C@H](COC(C)=O)[C@H](OC(C)=O)[C@H](OC(C)=O)[C@H]1OC(C)=O. The number of carbonyl (C=O) groups excluding carboxylic acids is 5. The molecule has 1 amide bonds. The number of esters is 4. The number of amides is 1. The number of rotatable bonds is 18. The summed E-state index contributed by atoms with van der Waals surface area (Å²) in [4.78, 5) is 61.6. The molecule has 0 aliphatic carbocycles. The summed E-state index contributed by atoms with van der Waals surface area (Å²) >= 11 is 0. The summed E-state index contributed by atoms with van der Waals surface area (Å²) in [6, 6.07) is 0. The highest BCUT2D eigenvalue weighted by atomic mass is 16.7. The van der Waals surface area contributed by atoms with Crippen molar-refractivity contribution < 1.29 is 112 Å². The molecule has 3 rings (SSSR count). The number of ether oxygens (including phenoxy) is 10. The quantitative estimate of drug-likeness (QED) is 0.0352. The molecule has 0 aromatic heterocycles. The van der Waals surface area contributed by atoms with E-state index in [-0.39, 0.29) is 0 Å². The van der Waals surface area contributed by atoms with E-state index in [4.69, 9.17) is 47.4 Å². The molecule has 15 atom stereocenters. The average molecular weight is 830 g/mol. The highest BCUT2D eigenvalue weighted by Gasteiger charge is 2.54. The fraction of sp³-hybridized carbons (Fsp3) is 0.788. The first-order valence-corrected chi connectivity index (χ1v) is 17.5. The van der Waals surface area contributed by atoms with Crippen LogP contribution in [0, 0.1) is 0 Å². The highest BCUT2D eigenvalue weighted by Crippen LogP contribution is 2.32. The van der Waals surface area contributed by atoms with Crippen molar-refractivity contribution in [1.82, 2.24) is 5.32 Å². The van der Waals surface area contributed by atoms with Crippen molar-refractivity contribution in [2.75, 3.05) is 39.6 Å². The van der Waals surface area contributed by atoms with Crippen LogP contribution in [0.2, 0.25) is 0 Å². The molecule has 3 saturated heterocycles. The lowest BCUT2D eigenvalue weighted by atomic mass is 9.97. The van der Waals surface area contributed by atoms with Crippen molar-refractivity contribution in [2.24, 2.45) is 0 Å². The largest absolute Gasteiger partial charge is 0.463 e. The Morgan fingerprint density at radius 3 is 1.39 bits per heavy atom. The van der Waals surface area contributed by atoms with Gasteiger partial charge in [-0.25, -0.2) is 0 Å². The summed E-state index contributed by atoms with van der Waals surface area (Å²) < 4.78 is 55.6. The van der Waals surface area contributed by atoms with Crippen molar-refractivity contribution in [1.29, 1.82) is 0 Å². The molecule has 0 spiro atoms. The molecule has 57 heavy (non-hydrogen) atoms. The Morgan fingerprint density at radius 1 is 0.579 bits per heavy atom. The summed E-state index contributed by atoms with van der Waals surface area (Å²) in [7, 11) is 0. The molecular weight excluding hydrogens is 778 g/mol. The minimum absolute atomic E-state index is 0.628. The first-order chi connectivity index (χ1) is 26.8. The van der Waals surface area contributed by atoms with Crippen LogP contribution in [-0.2, 0) is 71.3 Å². The topological polar surface area (TPSA) is 352 Å². The molecule has 0 aromatic carbocycles. The Kier molecular flexibility index (Phi) is 18.1. The van der Waals surface area contributed by atoms with Gasteiger partial charge in [-0.1, -0.05) is 6.58 Å². The van der Waals surface area contributed by atoms with E-state index in [0.29, 0.717) is 0 Å². The number of nitrogens with one attached hydrogen (secondary N) is 1. The molecule has 9 N–H and O–H groups in total. The molecule has 0 bridgehead atoms. The average Bonchev–Trinajstić information content (AvgIpc) is 3.15. The molecule has 3 heterocycles. The minimum Gasteiger partial charge on any atom is -0.463 e. The van der Waals surface area contributed by atoms with E-state index >= 15 is 0 Å². The zero-order valence-corrected chi connectivity index (χ0v) is 31.4. The van der Waals surface area contributed by atoms with Gasteiger partial charge in [0.2, 0.25) is 5.91 Å². The van der Waals surface area contributed by atoms with Gasteiger partial charge in [-0.05, 0) is 6.08 Å². The second kappa shape index (κ2) is 21.5. The molecule has 3 fully saturated rings. The van der Waals surface area contributed by atoms with E-state index in [0.717, 1.165) is 33.8 Å². The molecule has 0 radical (unpaired) electrons. The Labute approximate surface area is 325 Å². The van der Waals surface area contributed by atoms with Gasteiger partial charge < -0.3 is 93.5 Å². The Morgan fingerprint density at radius 2 is 0.982 bits per heavy atom. The highest BCUT2D eigenvalue weighted by molar-refractivity contribution is 5.87. The molecule has 24 heteroatoms. The number of hydrogen-bond acceptors (Lipinski definition) is 23. The van der Waals surface area contributed by atoms with Crippen LogP contribution in [0.1, 0.15) is 27.7 Å². The van der Waals surface area contributed by atoms with Crippen LogP contribution in [0.4, 0.5) is 0 Å². The maximum Gasteiger partial charge on any atom is 0.303 e. The van der Waals surface area contributed by atoms with Gasteiger partial charge >= 0.3 is 23.9 Å². The van der Waals surface area contributed by atoms with E-state index in [1.54, 1.807) is 0 Å². The first kappa shape index (κ1) is 47.9. The predicted molar refractivity (Wildman–Crippen MR) is 178 cm³/mol. The van der Waals surface area contributed by atoms with E-state index in [1.807, 2.05) is 0 Å². The monoisotopic (exact) mass is 829 g/mol. The number of hydrogen-bond donors (Lipinski definition) is 9. The molecule has 0 saturated carbocycles. The minimum atomic E-state index is -2.12. The molecular formula is C33H51NO23. The molecule has 24 nitrogen and oxygen atoms in total. The van der Waals surface area contributed by atoms with Gasteiger partial charge in [0.1, 0.15) is 67.1 Å². The van der Waals surface area contributed by atoms with Crippen LogP contribution >= 0.6 is 0 Å². The van der Waals surface area contributed by atoms with Crippen LogP contribution in [0.25, 0.3) is 0 Å². The van der Waals surface area contributed by atoms with Gasteiger partial charge in [0.25, 0.3) is 0 Å². The fourth-order valence-electron chi connectivity index (χ4n) is 6.00. The maximum absolute atomic E-state index is 13.0. The van der Waals surface area contributed by atoms with Crippen LogP contribution in [0.15, 0.2) is 12.7 Å². The van der Waals surface area contributed by atoms with Crippen LogP contribution in [-0.4, -0.2) is 208 Å². The third-order valence-electron chi connectivity index (χ3n) is 8.79. The lowest BCUT2D eigenvalue weighted by Gasteiger charge is -2.46. The second-order valence-corrected chi connectivity index (χ2v) is 13.4. The molecule has 326 valence electrons. The lowest BCUT2D eigenvalue weighted by Crippen LogP contribution is -2.66. The summed E-state index contributed by atoms with van der Waals surface area (Å²) in [5.74, 6) is -4.58. The summed E-state index contributed by atoms with van der Waals surface area (Å²) in [6.45, 7) is 2.53. The van der Waals surface area contributed by atoms with E-state index in [2.05, 4.69) is 11.9 Å². The first-order valence-electron chi connectivity index (χ1n) is 17.5. The summed E-state index contributed by atoms with van der Waals surface area (Å²) in [6.07, 6.45) is -25.3. The molecule has 0 unspecified atom stereocenters. The zero-order valence-electron chi connectivity index (χ0n) is 31.4. The molecule has 3 aliphatic heterocycles. The van der Waals surface area contributed by atoms with Crippen molar-refractivity contribution in [3.8, 4) is 0 Å². The Hall–Kier alpha value is -3.47. The van der Waals surface area contributed by atoms with Crippen molar-refractivity contribution in [3.63, 3.8) is 0 Å². The summed E-state index contributed by atoms with van der Waals surface area (Å²) in [5.41, 5.74) is -2.12. The van der Waals surface area contributed by atoms with Crippen molar-refractivity contribution >= 4 is 29.8 Å². The number of carbonyl (C=O) groups is 5. The normalized spacial score (nSPS) is 35.7. The van der Waals surface area contributed by atoms with Gasteiger partial charge in [-0.2, -0.15) is 0 Å². The smallest absolute Gasteiger partial charge is 0.303 e. The van der Waals surface area contributed by atoms with Crippen LogP contribution in [0.5, 0.6) is 0 Å². The van der Waals surface area contributed by atoms with Crippen molar-refractivity contribution in [3.05, 3.63) is 12.7 Å². The van der Waals surface area contributed by atoms with Crippen LogP contribution in [0.3, 0.4) is 0 Å². The standard InChI is InChI=1S/C33H51NO23/c1-6-20(41)34-33(10-49-30-25(46)23(44)21(42)17(7-35)55-30,11-50-31-26(47)24(45)22(43)18(8-36)56-31)12-51-32-29(54-16(5)40)28(53-15(4)39)27(52-14(3)38)19(57-32)9-48-13(2)37/h6,17-19,21-32,35-36,42-47H,1,7-12H2,2-5H3,(H,34,41)/t17-,18-,19-,21+,22+,23+,24+,25-,26-,27+,28+,29-,30-,31-,32-/m1/s1. The molecule has 0 aromatic rings. The number of aliphatic hydroxyl groups excluding tert-OH is 8. The number of aliphatic hydroxyl groups is 8. The van der Waals surface area contributed by atoms with Gasteiger partial charge in [-0.15, -0.1) is 0 Å². The fourth-order valence-corrected chi connectivity index (χ4v) is 6.00. The molecule has 3 aliphatic rings. The van der Waals surface area contributed by atoms with E-state index in [1.165, 1.54) is 0 Å².